The number of H-pyrrole nitrogens is 1. The van der Waals surface area contributed by atoms with Crippen molar-refractivity contribution < 1.29 is 14.3 Å². The summed E-state index contributed by atoms with van der Waals surface area (Å²) in [7, 11) is 0. The van der Waals surface area contributed by atoms with Crippen molar-refractivity contribution in [3.8, 4) is 11.3 Å². The molecule has 174 valence electrons. The molecule has 2 aromatic heterocycles. The fourth-order valence-corrected chi connectivity index (χ4v) is 3.99. The maximum Gasteiger partial charge on any atom is 0.254 e. The number of nitroso groups, excluding NO2 is 1. The van der Waals surface area contributed by atoms with Crippen molar-refractivity contribution in [2.45, 2.75) is 31.6 Å². The predicted molar refractivity (Wildman–Crippen MR) is 126 cm³/mol. The molecule has 2 heterocycles. The maximum absolute atomic E-state index is 13.4. The third-order valence-corrected chi connectivity index (χ3v) is 5.75. The SMILES string of the molecule is Cc1cccc(C(=O)NC(CCO)(N=O)c2ccccn2)c1-c1cc(C2=CCC(F)C=C2)n[nH]1. The van der Waals surface area contributed by atoms with Gasteiger partial charge in [-0.2, -0.15) is 5.10 Å². The van der Waals surface area contributed by atoms with E-state index in [2.05, 4.69) is 25.7 Å². The molecule has 3 N–H and O–H groups in total. The van der Waals surface area contributed by atoms with E-state index in [0.717, 1.165) is 11.1 Å². The van der Waals surface area contributed by atoms with Crippen LogP contribution in [0.5, 0.6) is 0 Å². The van der Waals surface area contributed by atoms with E-state index in [1.165, 1.54) is 12.3 Å². The highest BCUT2D eigenvalue weighted by Gasteiger charge is 2.37. The Morgan fingerprint density at radius 2 is 2.18 bits per heavy atom. The fourth-order valence-electron chi connectivity index (χ4n) is 3.99. The van der Waals surface area contributed by atoms with Gasteiger partial charge in [-0.3, -0.25) is 14.9 Å². The molecule has 2 unspecified atom stereocenters. The number of carbonyl (C=O) groups excluding carboxylic acids is 1. The van der Waals surface area contributed by atoms with Crippen LogP contribution in [0.3, 0.4) is 0 Å². The number of carbonyl (C=O) groups is 1. The van der Waals surface area contributed by atoms with Gasteiger partial charge < -0.3 is 10.4 Å². The lowest BCUT2D eigenvalue weighted by Crippen LogP contribution is -2.45. The van der Waals surface area contributed by atoms with Crippen molar-refractivity contribution in [1.29, 1.82) is 0 Å². The van der Waals surface area contributed by atoms with Gasteiger partial charge >= 0.3 is 0 Å². The number of aliphatic hydroxyl groups excluding tert-OH is 1. The number of rotatable bonds is 8. The molecule has 34 heavy (non-hydrogen) atoms. The molecule has 1 aromatic carbocycles. The molecule has 3 aromatic rings. The molecule has 4 rings (SSSR count). The van der Waals surface area contributed by atoms with Gasteiger partial charge in [0.25, 0.3) is 5.91 Å². The first-order valence-corrected chi connectivity index (χ1v) is 10.8. The van der Waals surface area contributed by atoms with Gasteiger partial charge in [0.2, 0.25) is 5.66 Å². The lowest BCUT2D eigenvalue weighted by Gasteiger charge is -2.27. The van der Waals surface area contributed by atoms with Crippen LogP contribution in [-0.2, 0) is 5.66 Å². The van der Waals surface area contributed by atoms with Gasteiger partial charge in [0.05, 0.1) is 17.1 Å². The monoisotopic (exact) mass is 461 g/mol. The molecule has 0 fully saturated rings. The van der Waals surface area contributed by atoms with Crippen LogP contribution in [-0.4, -0.2) is 39.0 Å². The average molecular weight is 461 g/mol. The van der Waals surface area contributed by atoms with Gasteiger partial charge in [-0.05, 0) is 53.6 Å². The van der Waals surface area contributed by atoms with E-state index in [1.54, 1.807) is 48.6 Å². The molecule has 0 radical (unpaired) electrons. The number of nitrogens with one attached hydrogen (secondary N) is 2. The summed E-state index contributed by atoms with van der Waals surface area (Å²) in [5.41, 5.74) is 2.23. The molecule has 1 amide bonds. The largest absolute Gasteiger partial charge is 0.396 e. The Labute approximate surface area is 195 Å². The van der Waals surface area contributed by atoms with Crippen molar-refractivity contribution >= 4 is 11.5 Å². The Morgan fingerprint density at radius 3 is 2.85 bits per heavy atom. The van der Waals surface area contributed by atoms with Gasteiger partial charge in [0.1, 0.15) is 6.17 Å². The minimum absolute atomic E-state index is 0.134. The number of allylic oxidation sites excluding steroid dienone is 4. The summed E-state index contributed by atoms with van der Waals surface area (Å²) in [5, 5.41) is 22.7. The van der Waals surface area contributed by atoms with Crippen molar-refractivity contribution in [2.75, 3.05) is 6.61 Å². The molecular weight excluding hydrogens is 437 g/mol. The van der Waals surface area contributed by atoms with Crippen LogP contribution in [0.4, 0.5) is 4.39 Å². The van der Waals surface area contributed by atoms with Crippen molar-refractivity contribution in [1.82, 2.24) is 20.5 Å². The molecule has 1 aliphatic rings. The van der Waals surface area contributed by atoms with E-state index in [1.807, 2.05) is 13.0 Å². The Balaban J connectivity index is 1.70. The van der Waals surface area contributed by atoms with Gasteiger partial charge in [0, 0.05) is 36.8 Å². The van der Waals surface area contributed by atoms with E-state index in [4.69, 9.17) is 0 Å². The Hall–Kier alpha value is -3.98. The number of hydrogen-bond acceptors (Lipinski definition) is 6. The van der Waals surface area contributed by atoms with Crippen LogP contribution < -0.4 is 5.32 Å². The van der Waals surface area contributed by atoms with Crippen LogP contribution in [0.1, 0.15) is 40.2 Å². The van der Waals surface area contributed by atoms with Gasteiger partial charge in [0.15, 0.2) is 0 Å². The Morgan fingerprint density at radius 1 is 1.32 bits per heavy atom. The van der Waals surface area contributed by atoms with Crippen LogP contribution in [0.25, 0.3) is 16.8 Å². The first kappa shape index (κ1) is 23.2. The van der Waals surface area contributed by atoms with Crippen molar-refractivity contribution in [3.63, 3.8) is 0 Å². The number of amides is 1. The second kappa shape index (κ2) is 9.88. The normalized spacial score (nSPS) is 17.0. The first-order valence-electron chi connectivity index (χ1n) is 10.8. The highest BCUT2D eigenvalue weighted by atomic mass is 19.1. The number of nitrogens with zero attached hydrogens (tertiary/aromatic N) is 3. The van der Waals surface area contributed by atoms with Crippen LogP contribution in [0, 0.1) is 11.8 Å². The minimum atomic E-state index is -1.73. The summed E-state index contributed by atoms with van der Waals surface area (Å²) < 4.78 is 13.4. The number of aromatic nitrogens is 3. The predicted octanol–water partition coefficient (Wildman–Crippen LogP) is 4.19. The zero-order valence-electron chi connectivity index (χ0n) is 18.5. The summed E-state index contributed by atoms with van der Waals surface area (Å²) in [6.45, 7) is 1.48. The van der Waals surface area contributed by atoms with Gasteiger partial charge in [-0.25, -0.2) is 4.39 Å². The molecule has 0 spiro atoms. The third-order valence-electron chi connectivity index (χ3n) is 5.75. The van der Waals surface area contributed by atoms with E-state index < -0.39 is 17.7 Å². The Kier molecular flexibility index (Phi) is 6.74. The van der Waals surface area contributed by atoms with Gasteiger partial charge in [-0.1, -0.05) is 30.4 Å². The summed E-state index contributed by atoms with van der Waals surface area (Å²) in [5.74, 6) is -0.550. The number of alkyl halides is 1. The number of aryl methyl sites for hydroxylation is 1. The molecule has 2 atom stereocenters. The average Bonchev–Trinajstić information content (AvgIpc) is 3.34. The number of aliphatic hydroxyl groups is 1. The summed E-state index contributed by atoms with van der Waals surface area (Å²) in [4.78, 5) is 29.5. The third kappa shape index (κ3) is 4.55. The standard InChI is InChI=1S/C25H24FN5O3/c1-16-5-4-6-19(23(16)21-15-20(29-30-21)17-8-10-18(26)11-9-17)24(33)28-25(31-34,12-14-32)22-7-2-3-13-27-22/h2-10,13,15,18,32H,11-12,14H2,1H3,(H,28,33)(H,29,30). The summed E-state index contributed by atoms with van der Waals surface area (Å²) >= 11 is 0. The number of benzene rings is 1. The molecule has 9 heteroatoms. The fraction of sp³-hybridized carbons (Fsp3) is 0.240. The van der Waals surface area contributed by atoms with E-state index in [0.29, 0.717) is 22.5 Å². The number of aromatic amines is 1. The number of hydrogen-bond donors (Lipinski definition) is 3. The molecular formula is C25H24FN5O3. The highest BCUT2D eigenvalue weighted by molar-refractivity contribution is 6.01. The summed E-state index contributed by atoms with van der Waals surface area (Å²) in [6.07, 6.45) is 5.59. The molecule has 8 nitrogen and oxygen atoms in total. The molecule has 0 saturated carbocycles. The number of pyridine rings is 1. The molecule has 0 saturated heterocycles. The maximum atomic E-state index is 13.4. The van der Waals surface area contributed by atoms with E-state index in [9.17, 15) is 19.2 Å². The highest BCUT2D eigenvalue weighted by Crippen LogP contribution is 2.31. The number of halogens is 1. The lowest BCUT2D eigenvalue weighted by atomic mass is 9.95. The summed E-state index contributed by atoms with van der Waals surface area (Å²) in [6, 6.07) is 12.0. The van der Waals surface area contributed by atoms with Crippen molar-refractivity contribution in [3.05, 3.63) is 94.3 Å². The molecule has 0 bridgehead atoms. The zero-order chi connectivity index (χ0) is 24.1. The zero-order valence-corrected chi connectivity index (χ0v) is 18.5. The second-order valence-electron chi connectivity index (χ2n) is 8.03. The second-order valence-corrected chi connectivity index (χ2v) is 8.03. The minimum Gasteiger partial charge on any atom is -0.396 e. The van der Waals surface area contributed by atoms with Gasteiger partial charge in [-0.15, -0.1) is 4.91 Å². The van der Waals surface area contributed by atoms with E-state index >= 15 is 0 Å². The van der Waals surface area contributed by atoms with Crippen LogP contribution in [0.2, 0.25) is 0 Å². The molecule has 1 aliphatic carbocycles. The Bertz CT molecular complexity index is 1250. The lowest BCUT2D eigenvalue weighted by molar-refractivity contribution is 0.0877. The first-order chi connectivity index (χ1) is 16.5. The van der Waals surface area contributed by atoms with Crippen molar-refractivity contribution in [2.24, 2.45) is 5.18 Å². The molecule has 0 aliphatic heterocycles. The van der Waals surface area contributed by atoms with Crippen LogP contribution >= 0.6 is 0 Å². The quantitative estimate of drug-likeness (QED) is 0.435. The van der Waals surface area contributed by atoms with Crippen LogP contribution in [0.15, 0.2) is 72.1 Å². The smallest absolute Gasteiger partial charge is 0.254 e. The van der Waals surface area contributed by atoms with E-state index in [-0.39, 0.29) is 25.1 Å². The topological polar surface area (TPSA) is 120 Å².